The van der Waals surface area contributed by atoms with Crippen LogP contribution in [0.1, 0.15) is 0 Å². The molecule has 1 heterocycles. The van der Waals surface area contributed by atoms with Gasteiger partial charge in [0.25, 0.3) is 0 Å². The first kappa shape index (κ1) is 26.7. The molecule has 0 aliphatic rings. The fourth-order valence-electron chi connectivity index (χ4n) is 6.91. The molecule has 216 valence electrons. The number of benzene rings is 8. The molecular weight excluding hydrogens is 575 g/mol. The van der Waals surface area contributed by atoms with Crippen molar-refractivity contribution in [2.45, 2.75) is 0 Å². The third-order valence-electron chi connectivity index (χ3n) is 9.03. The highest BCUT2D eigenvalue weighted by Crippen LogP contribution is 2.44. The molecule has 0 saturated carbocycles. The van der Waals surface area contributed by atoms with E-state index in [0.29, 0.717) is 0 Å². The molecule has 1 nitrogen and oxygen atoms in total. The van der Waals surface area contributed by atoms with Crippen LogP contribution in [0.4, 0.5) is 17.1 Å². The second kappa shape index (κ2) is 11.0. The summed E-state index contributed by atoms with van der Waals surface area (Å²) in [6.45, 7) is 0. The third kappa shape index (κ3) is 4.46. The summed E-state index contributed by atoms with van der Waals surface area (Å²) in [5.74, 6) is 0. The van der Waals surface area contributed by atoms with Gasteiger partial charge >= 0.3 is 0 Å². The molecule has 0 N–H and O–H groups in total. The van der Waals surface area contributed by atoms with Gasteiger partial charge in [-0.3, -0.25) is 0 Å². The number of hydrogen-bond donors (Lipinski definition) is 0. The Bertz CT molecular complexity index is 2550. The summed E-state index contributed by atoms with van der Waals surface area (Å²) in [5, 5.41) is 7.59. The molecule has 0 radical (unpaired) electrons. The number of thiophene rings is 1. The van der Waals surface area contributed by atoms with E-state index in [1.165, 1.54) is 64.0 Å². The van der Waals surface area contributed by atoms with Crippen LogP contribution in [0.5, 0.6) is 0 Å². The van der Waals surface area contributed by atoms with Gasteiger partial charge in [0.05, 0.1) is 5.69 Å². The molecule has 0 saturated heterocycles. The molecular formula is C44H29NS. The smallest absolute Gasteiger partial charge is 0.0540 e. The fourth-order valence-corrected chi connectivity index (χ4v) is 8.15. The minimum Gasteiger partial charge on any atom is -0.310 e. The summed E-state index contributed by atoms with van der Waals surface area (Å²) >= 11 is 1.88. The van der Waals surface area contributed by atoms with Gasteiger partial charge in [0.1, 0.15) is 0 Å². The highest BCUT2D eigenvalue weighted by Gasteiger charge is 2.18. The predicted molar refractivity (Wildman–Crippen MR) is 200 cm³/mol. The van der Waals surface area contributed by atoms with Gasteiger partial charge in [0.15, 0.2) is 0 Å². The number of rotatable bonds is 5. The summed E-state index contributed by atoms with van der Waals surface area (Å²) in [7, 11) is 0. The lowest BCUT2D eigenvalue weighted by atomic mass is 9.97. The van der Waals surface area contributed by atoms with E-state index in [1.807, 2.05) is 11.3 Å². The first-order valence-electron chi connectivity index (χ1n) is 15.7. The van der Waals surface area contributed by atoms with Crippen molar-refractivity contribution in [3.05, 3.63) is 176 Å². The van der Waals surface area contributed by atoms with Gasteiger partial charge in [-0.2, -0.15) is 0 Å². The van der Waals surface area contributed by atoms with Gasteiger partial charge in [-0.15, -0.1) is 11.3 Å². The number of fused-ring (bicyclic) bond motifs is 5. The van der Waals surface area contributed by atoms with Crippen LogP contribution in [0.3, 0.4) is 0 Å². The Hall–Kier alpha value is -5.70. The van der Waals surface area contributed by atoms with Crippen molar-refractivity contribution in [3.8, 4) is 22.3 Å². The molecule has 0 spiro atoms. The van der Waals surface area contributed by atoms with Crippen molar-refractivity contribution in [1.82, 2.24) is 0 Å². The Balaban J connectivity index is 1.26. The van der Waals surface area contributed by atoms with Gasteiger partial charge < -0.3 is 4.90 Å². The van der Waals surface area contributed by atoms with Gasteiger partial charge in [-0.05, 0) is 74.8 Å². The van der Waals surface area contributed by atoms with Gasteiger partial charge in [-0.1, -0.05) is 140 Å². The molecule has 0 unspecified atom stereocenters. The molecule has 8 aromatic carbocycles. The van der Waals surface area contributed by atoms with E-state index in [-0.39, 0.29) is 0 Å². The van der Waals surface area contributed by atoms with Crippen LogP contribution in [-0.2, 0) is 0 Å². The molecule has 0 bridgehead atoms. The van der Waals surface area contributed by atoms with Crippen molar-refractivity contribution in [2.75, 3.05) is 4.90 Å². The zero-order chi connectivity index (χ0) is 30.5. The van der Waals surface area contributed by atoms with Crippen LogP contribution >= 0.6 is 11.3 Å². The highest BCUT2D eigenvalue weighted by molar-refractivity contribution is 7.26. The van der Waals surface area contributed by atoms with Crippen LogP contribution in [0.25, 0.3) is 64.0 Å². The largest absolute Gasteiger partial charge is 0.310 e. The SMILES string of the molecule is c1cc(-c2cccc3ccccc23)cc(N(c2cccc(-c3cccc4c3sc3ccccc34)c2)c2cccc3ccccc23)c1. The summed E-state index contributed by atoms with van der Waals surface area (Å²) in [6.07, 6.45) is 0. The molecule has 0 aliphatic carbocycles. The first-order valence-corrected chi connectivity index (χ1v) is 16.5. The van der Waals surface area contributed by atoms with Crippen LogP contribution in [0.2, 0.25) is 0 Å². The molecule has 0 amide bonds. The summed E-state index contributed by atoms with van der Waals surface area (Å²) in [5.41, 5.74) is 8.33. The molecule has 2 heteroatoms. The number of anilines is 3. The zero-order valence-electron chi connectivity index (χ0n) is 25.1. The first-order chi connectivity index (χ1) is 22.8. The van der Waals surface area contributed by atoms with E-state index < -0.39 is 0 Å². The van der Waals surface area contributed by atoms with Crippen molar-refractivity contribution in [2.24, 2.45) is 0 Å². The van der Waals surface area contributed by atoms with Gasteiger partial charge in [0, 0.05) is 36.9 Å². The van der Waals surface area contributed by atoms with Gasteiger partial charge in [0.2, 0.25) is 0 Å². The lowest BCUT2D eigenvalue weighted by molar-refractivity contribution is 1.30. The second-order valence-electron chi connectivity index (χ2n) is 11.7. The van der Waals surface area contributed by atoms with E-state index in [4.69, 9.17) is 0 Å². The Morgan fingerprint density at radius 1 is 0.370 bits per heavy atom. The summed E-state index contributed by atoms with van der Waals surface area (Å²) < 4.78 is 2.65. The highest BCUT2D eigenvalue weighted by atomic mass is 32.1. The number of nitrogens with zero attached hydrogens (tertiary/aromatic N) is 1. The normalized spacial score (nSPS) is 11.5. The van der Waals surface area contributed by atoms with Crippen molar-refractivity contribution in [1.29, 1.82) is 0 Å². The van der Waals surface area contributed by atoms with E-state index >= 15 is 0 Å². The van der Waals surface area contributed by atoms with E-state index in [9.17, 15) is 0 Å². The topological polar surface area (TPSA) is 3.24 Å². The zero-order valence-corrected chi connectivity index (χ0v) is 25.9. The van der Waals surface area contributed by atoms with Crippen LogP contribution in [-0.4, -0.2) is 0 Å². The lowest BCUT2D eigenvalue weighted by Crippen LogP contribution is -2.10. The molecule has 1 aromatic heterocycles. The summed E-state index contributed by atoms with van der Waals surface area (Å²) in [4.78, 5) is 2.42. The van der Waals surface area contributed by atoms with Crippen LogP contribution in [0.15, 0.2) is 176 Å². The van der Waals surface area contributed by atoms with Crippen LogP contribution < -0.4 is 4.90 Å². The van der Waals surface area contributed by atoms with Crippen molar-refractivity contribution < 1.29 is 0 Å². The lowest BCUT2D eigenvalue weighted by Gasteiger charge is -2.28. The number of hydrogen-bond acceptors (Lipinski definition) is 2. The average Bonchev–Trinajstić information content (AvgIpc) is 3.51. The molecule has 0 fully saturated rings. The standard InChI is InChI=1S/C44H29NS/c1-3-20-36-30(12-1)14-9-23-37(36)32-16-7-18-34(28-32)45(42-26-10-15-31-13-2-4-21-38(31)42)35-19-8-17-33(29-35)39-24-11-25-41-40-22-5-6-27-43(40)46-44(39)41/h1-29H. The Kier molecular flexibility index (Phi) is 6.40. The Morgan fingerprint density at radius 3 is 1.67 bits per heavy atom. The minimum absolute atomic E-state index is 1.12. The molecule has 9 rings (SSSR count). The maximum absolute atomic E-state index is 2.42. The maximum atomic E-state index is 2.42. The molecule has 9 aromatic rings. The monoisotopic (exact) mass is 603 g/mol. The predicted octanol–water partition coefficient (Wildman–Crippen LogP) is 13.2. The molecule has 0 atom stereocenters. The van der Waals surface area contributed by atoms with Crippen molar-refractivity contribution in [3.63, 3.8) is 0 Å². The Labute approximate surface area is 272 Å². The van der Waals surface area contributed by atoms with E-state index in [1.54, 1.807) is 0 Å². The molecule has 0 aliphatic heterocycles. The minimum atomic E-state index is 1.12. The Morgan fingerprint density at radius 2 is 0.891 bits per heavy atom. The maximum Gasteiger partial charge on any atom is 0.0540 e. The fraction of sp³-hybridized carbons (Fsp3) is 0. The average molecular weight is 604 g/mol. The van der Waals surface area contributed by atoms with Crippen LogP contribution in [0, 0.1) is 0 Å². The second-order valence-corrected chi connectivity index (χ2v) is 12.8. The molecule has 46 heavy (non-hydrogen) atoms. The van der Waals surface area contributed by atoms with Crippen molar-refractivity contribution >= 4 is 70.1 Å². The quantitative estimate of drug-likeness (QED) is 0.189. The third-order valence-corrected chi connectivity index (χ3v) is 10.3. The van der Waals surface area contributed by atoms with E-state index in [0.717, 1.165) is 17.1 Å². The van der Waals surface area contributed by atoms with Gasteiger partial charge in [-0.25, -0.2) is 0 Å². The summed E-state index contributed by atoms with van der Waals surface area (Å²) in [6, 6.07) is 64.0. The van der Waals surface area contributed by atoms with E-state index in [2.05, 4.69) is 181 Å².